The molecule has 0 aromatic carbocycles. The van der Waals surface area contributed by atoms with Crippen molar-refractivity contribution >= 4 is 19.8 Å². The Labute approximate surface area is 276 Å². The predicted molar refractivity (Wildman–Crippen MR) is 157 cm³/mol. The van der Waals surface area contributed by atoms with Gasteiger partial charge in [-0.3, -0.25) is 14.2 Å². The number of hydrogen-bond acceptors (Lipinski definition) is 10. The van der Waals surface area contributed by atoms with Crippen molar-refractivity contribution in [2.45, 2.75) is 154 Å². The zero-order chi connectivity index (χ0) is 30.6. The van der Waals surface area contributed by atoms with Crippen LogP contribution in [0, 0.1) is 0 Å². The fourth-order valence-corrected chi connectivity index (χ4v) is 5.00. The van der Waals surface area contributed by atoms with E-state index in [2.05, 4.69) is 18.4 Å². The van der Waals surface area contributed by atoms with E-state index in [9.17, 15) is 24.2 Å². The molecule has 0 fully saturated rings. The molecule has 0 aliphatic rings. The molecular formula is C30H58NaO10P. The van der Waals surface area contributed by atoms with Gasteiger partial charge in [0.05, 0.1) is 19.8 Å². The Balaban J connectivity index is 0. The zero-order valence-electron chi connectivity index (χ0n) is 26.7. The Bertz CT molecular complexity index is 682. The number of carbonyl (C=O) groups excluding carboxylic acids is 2. The van der Waals surface area contributed by atoms with Gasteiger partial charge in [-0.1, -0.05) is 117 Å². The number of hydrogen-bond donors (Lipinski definition) is 2. The van der Waals surface area contributed by atoms with E-state index in [0.29, 0.717) is 12.8 Å². The molecule has 0 spiro atoms. The maximum absolute atomic E-state index is 12.4. The minimum absolute atomic E-state index is 0. The van der Waals surface area contributed by atoms with Crippen LogP contribution in [0.15, 0.2) is 0 Å². The Kier molecular flexibility index (Phi) is 32.5. The summed E-state index contributed by atoms with van der Waals surface area (Å²) in [4.78, 5) is 36.6. The summed E-state index contributed by atoms with van der Waals surface area (Å²) in [6.07, 6.45) is 17.9. The van der Waals surface area contributed by atoms with Gasteiger partial charge in [0.2, 0.25) is 0 Å². The quantitative estimate of drug-likeness (QED) is 0.0523. The molecule has 0 heterocycles. The first kappa shape index (κ1) is 44.1. The first-order chi connectivity index (χ1) is 19.7. The van der Waals surface area contributed by atoms with Crippen molar-refractivity contribution in [1.29, 1.82) is 0 Å². The van der Waals surface area contributed by atoms with E-state index in [-0.39, 0.29) is 49.0 Å². The molecule has 1 unspecified atom stereocenters. The molecule has 42 heavy (non-hydrogen) atoms. The van der Waals surface area contributed by atoms with E-state index >= 15 is 0 Å². The summed E-state index contributed by atoms with van der Waals surface area (Å²) in [6, 6.07) is 0. The van der Waals surface area contributed by atoms with E-state index in [0.717, 1.165) is 38.5 Å². The molecule has 12 heteroatoms. The molecule has 0 aromatic heterocycles. The van der Waals surface area contributed by atoms with Crippen LogP contribution in [0.3, 0.4) is 0 Å². The summed E-state index contributed by atoms with van der Waals surface area (Å²) >= 11 is 0. The SMILES string of the molecule is CCCCCCCCCCCC(=O)OC[C@H](COP(=O)([O-])OC[C@H](O)CO)OC(=O)CCCCCCCCCCC.[Na+]. The summed E-state index contributed by atoms with van der Waals surface area (Å²) in [6.45, 7) is 2.11. The van der Waals surface area contributed by atoms with E-state index in [4.69, 9.17) is 19.1 Å². The zero-order valence-corrected chi connectivity index (χ0v) is 29.6. The molecule has 0 saturated carbocycles. The summed E-state index contributed by atoms with van der Waals surface area (Å²) in [5.41, 5.74) is 0. The number of unbranched alkanes of at least 4 members (excludes halogenated alkanes) is 16. The summed E-state index contributed by atoms with van der Waals surface area (Å²) in [5, 5.41) is 18.1. The Morgan fingerprint density at radius 1 is 0.667 bits per heavy atom. The molecule has 10 nitrogen and oxygen atoms in total. The monoisotopic (exact) mass is 632 g/mol. The molecule has 0 amide bonds. The van der Waals surface area contributed by atoms with Crippen molar-refractivity contribution in [1.82, 2.24) is 0 Å². The number of phosphoric ester groups is 1. The Morgan fingerprint density at radius 3 is 1.52 bits per heavy atom. The molecule has 0 bridgehead atoms. The van der Waals surface area contributed by atoms with Gasteiger partial charge >= 0.3 is 41.5 Å². The van der Waals surface area contributed by atoms with Crippen molar-refractivity contribution in [3.8, 4) is 0 Å². The Morgan fingerprint density at radius 2 is 1.07 bits per heavy atom. The predicted octanol–water partition coefficient (Wildman–Crippen LogP) is 3.14. The van der Waals surface area contributed by atoms with Gasteiger partial charge in [0.25, 0.3) is 7.82 Å². The van der Waals surface area contributed by atoms with Crippen LogP contribution in [0.5, 0.6) is 0 Å². The average Bonchev–Trinajstić information content (AvgIpc) is 2.95. The molecule has 0 rings (SSSR count). The normalized spacial score (nSPS) is 14.0. The first-order valence-corrected chi connectivity index (χ1v) is 17.4. The molecule has 2 N–H and O–H groups in total. The average molecular weight is 633 g/mol. The molecule has 0 radical (unpaired) electrons. The first-order valence-electron chi connectivity index (χ1n) is 16.0. The van der Waals surface area contributed by atoms with Gasteiger partial charge in [0, 0.05) is 12.8 Å². The largest absolute Gasteiger partial charge is 1.00 e. The number of phosphoric acid groups is 1. The van der Waals surface area contributed by atoms with Crippen LogP contribution < -0.4 is 34.5 Å². The van der Waals surface area contributed by atoms with Gasteiger partial charge in [0.1, 0.15) is 12.7 Å². The summed E-state index contributed by atoms with van der Waals surface area (Å²) in [5.74, 6) is -0.963. The molecule has 0 aromatic rings. The maximum atomic E-state index is 12.4. The fraction of sp³-hybridized carbons (Fsp3) is 0.933. The van der Waals surface area contributed by atoms with Crippen LogP contribution in [-0.2, 0) is 32.7 Å². The van der Waals surface area contributed by atoms with Crippen LogP contribution in [0.2, 0.25) is 0 Å². The standard InChI is InChI=1S/C30H59O10P.Na/c1-3-5-7-9-11-13-15-17-19-21-29(33)37-25-28(26-39-41(35,36)38-24-27(32)23-31)40-30(34)22-20-18-16-14-12-10-8-6-4-2;/h27-28,31-32H,3-26H2,1-2H3,(H,35,36);/q;+1/p-1/t27-,28-;/m1./s1. The van der Waals surface area contributed by atoms with Gasteiger partial charge < -0.3 is 33.6 Å². The van der Waals surface area contributed by atoms with Crippen LogP contribution in [0.4, 0.5) is 0 Å². The number of ether oxygens (including phenoxy) is 2. The molecule has 0 aliphatic heterocycles. The smallest absolute Gasteiger partial charge is 0.756 e. The molecular weight excluding hydrogens is 574 g/mol. The molecule has 3 atom stereocenters. The molecule has 0 aliphatic carbocycles. The fourth-order valence-electron chi connectivity index (χ4n) is 4.22. The summed E-state index contributed by atoms with van der Waals surface area (Å²) < 4.78 is 31.9. The van der Waals surface area contributed by atoms with E-state index in [1.165, 1.54) is 64.2 Å². The second-order valence-corrected chi connectivity index (χ2v) is 12.2. The number of rotatable bonds is 30. The van der Waals surface area contributed by atoms with Gasteiger partial charge in [0.15, 0.2) is 6.10 Å². The number of aliphatic hydroxyl groups excluding tert-OH is 2. The topological polar surface area (TPSA) is 152 Å². The molecule has 244 valence electrons. The second kappa shape index (κ2) is 31.0. The van der Waals surface area contributed by atoms with Gasteiger partial charge in [-0.05, 0) is 12.8 Å². The van der Waals surface area contributed by atoms with Crippen LogP contribution >= 0.6 is 7.82 Å². The van der Waals surface area contributed by atoms with Gasteiger partial charge in [-0.15, -0.1) is 0 Å². The van der Waals surface area contributed by atoms with Crippen LogP contribution in [0.1, 0.15) is 142 Å². The Hall–Kier alpha value is -0.0300. The van der Waals surface area contributed by atoms with Crippen LogP contribution in [-0.4, -0.2) is 60.8 Å². The van der Waals surface area contributed by atoms with Crippen molar-refractivity contribution in [3.05, 3.63) is 0 Å². The minimum atomic E-state index is -4.84. The van der Waals surface area contributed by atoms with E-state index in [1.54, 1.807) is 0 Å². The third kappa shape index (κ3) is 30.0. The molecule has 0 saturated heterocycles. The van der Waals surface area contributed by atoms with Crippen molar-refractivity contribution in [3.63, 3.8) is 0 Å². The number of aliphatic hydroxyl groups is 2. The number of carbonyl (C=O) groups is 2. The van der Waals surface area contributed by atoms with Crippen LogP contribution in [0.25, 0.3) is 0 Å². The van der Waals surface area contributed by atoms with Crippen molar-refractivity contribution in [2.24, 2.45) is 0 Å². The van der Waals surface area contributed by atoms with E-state index in [1.807, 2.05) is 0 Å². The third-order valence-electron chi connectivity index (χ3n) is 6.75. The van der Waals surface area contributed by atoms with Gasteiger partial charge in [-0.25, -0.2) is 0 Å². The summed E-state index contributed by atoms with van der Waals surface area (Å²) in [7, 11) is -4.84. The maximum Gasteiger partial charge on any atom is 1.00 e. The van der Waals surface area contributed by atoms with Crippen molar-refractivity contribution in [2.75, 3.05) is 26.4 Å². The van der Waals surface area contributed by atoms with E-state index < -0.39 is 51.8 Å². The van der Waals surface area contributed by atoms with Crippen molar-refractivity contribution < 1.29 is 77.3 Å². The second-order valence-electron chi connectivity index (χ2n) is 10.8. The third-order valence-corrected chi connectivity index (χ3v) is 7.68. The van der Waals surface area contributed by atoms with Gasteiger partial charge in [-0.2, -0.15) is 0 Å². The number of esters is 2. The minimum Gasteiger partial charge on any atom is -0.756 e.